The van der Waals surface area contributed by atoms with Crippen molar-refractivity contribution in [1.82, 2.24) is 0 Å². The fraction of sp³-hybridized carbons (Fsp3) is 0.561. The number of hydrogen-bond acceptors (Lipinski definition) is 3. The summed E-state index contributed by atoms with van der Waals surface area (Å²) in [5.74, 6) is 1.36. The number of rotatable bonds is 0. The number of aromatic hydroxyl groups is 3. The first-order valence-corrected chi connectivity index (χ1v) is 16.0. The summed E-state index contributed by atoms with van der Waals surface area (Å²) < 4.78 is 0. The SMILES string of the molecule is CC(C)(C)c1cccc(C(C)(C)C)c1O.Cc1cc(C(C)(C)C)c(O)c(C(C)(C)C)c1.Cc1cc(C)c(O)c(C(C)(C)C)c1. The van der Waals surface area contributed by atoms with Crippen LogP contribution in [0.3, 0.4) is 0 Å². The van der Waals surface area contributed by atoms with Crippen LogP contribution in [0.5, 0.6) is 17.2 Å². The molecule has 3 N–H and O–H groups in total. The minimum absolute atomic E-state index is 0.00859. The predicted molar refractivity (Wildman–Crippen MR) is 192 cm³/mol. The van der Waals surface area contributed by atoms with Gasteiger partial charge < -0.3 is 15.3 Å². The minimum atomic E-state index is -0.0178. The number of aryl methyl sites for hydroxylation is 3. The highest BCUT2D eigenvalue weighted by Gasteiger charge is 2.26. The van der Waals surface area contributed by atoms with Gasteiger partial charge in [-0.05, 0) is 81.2 Å². The maximum atomic E-state index is 10.4. The fourth-order valence-electron chi connectivity index (χ4n) is 5.21. The van der Waals surface area contributed by atoms with E-state index in [2.05, 4.69) is 136 Å². The van der Waals surface area contributed by atoms with Gasteiger partial charge in [-0.15, -0.1) is 0 Å². The van der Waals surface area contributed by atoms with Gasteiger partial charge in [-0.2, -0.15) is 0 Å². The van der Waals surface area contributed by atoms with Crippen LogP contribution in [-0.2, 0) is 27.1 Å². The van der Waals surface area contributed by atoms with Gasteiger partial charge in [0.2, 0.25) is 0 Å². The number of phenolic OH excluding ortho intramolecular Hbond substituents is 3. The van der Waals surface area contributed by atoms with Crippen molar-refractivity contribution < 1.29 is 15.3 Å². The highest BCUT2D eigenvalue weighted by molar-refractivity contribution is 5.50. The maximum absolute atomic E-state index is 10.4. The molecule has 0 saturated heterocycles. The Hall–Kier alpha value is -2.94. The lowest BCUT2D eigenvalue weighted by molar-refractivity contribution is 0.422. The van der Waals surface area contributed by atoms with Crippen molar-refractivity contribution in [1.29, 1.82) is 0 Å². The number of benzene rings is 3. The van der Waals surface area contributed by atoms with Crippen LogP contribution in [0.15, 0.2) is 42.5 Å². The molecule has 0 bridgehead atoms. The Labute approximate surface area is 270 Å². The zero-order valence-electron chi connectivity index (χ0n) is 31.4. The molecule has 3 aromatic rings. The van der Waals surface area contributed by atoms with Gasteiger partial charge in [-0.3, -0.25) is 0 Å². The molecule has 246 valence electrons. The van der Waals surface area contributed by atoms with Crippen LogP contribution < -0.4 is 0 Å². The van der Waals surface area contributed by atoms with E-state index in [9.17, 15) is 15.3 Å². The van der Waals surface area contributed by atoms with Crippen LogP contribution in [0.25, 0.3) is 0 Å². The van der Waals surface area contributed by atoms with Crippen molar-refractivity contribution >= 4 is 0 Å². The lowest BCUT2D eigenvalue weighted by atomic mass is 9.78. The highest BCUT2D eigenvalue weighted by atomic mass is 16.3. The molecule has 0 saturated carbocycles. The van der Waals surface area contributed by atoms with Crippen LogP contribution in [0.2, 0.25) is 0 Å². The first-order chi connectivity index (χ1) is 19.5. The van der Waals surface area contributed by atoms with E-state index in [0.717, 1.165) is 33.4 Å². The smallest absolute Gasteiger partial charge is 0.123 e. The number of hydrogen-bond donors (Lipinski definition) is 3. The number of phenols is 3. The van der Waals surface area contributed by atoms with Crippen LogP contribution in [0, 0.1) is 20.8 Å². The average Bonchev–Trinajstić information content (AvgIpc) is 2.80. The molecule has 3 heteroatoms. The predicted octanol–water partition coefficient (Wildman–Crippen LogP) is 11.6. The van der Waals surface area contributed by atoms with Crippen LogP contribution in [0.1, 0.15) is 148 Å². The molecule has 0 atom stereocenters. The third kappa shape index (κ3) is 10.6. The van der Waals surface area contributed by atoms with E-state index in [1.165, 1.54) is 11.1 Å². The third-order valence-corrected chi connectivity index (χ3v) is 7.78. The molecule has 0 unspecified atom stereocenters. The summed E-state index contributed by atoms with van der Waals surface area (Å²) >= 11 is 0. The summed E-state index contributed by atoms with van der Waals surface area (Å²) in [6.07, 6.45) is 0. The minimum Gasteiger partial charge on any atom is -0.507 e. The Morgan fingerprint density at radius 1 is 0.364 bits per heavy atom. The van der Waals surface area contributed by atoms with Gasteiger partial charge in [0.25, 0.3) is 0 Å². The van der Waals surface area contributed by atoms with E-state index < -0.39 is 0 Å². The molecule has 3 nitrogen and oxygen atoms in total. The standard InChI is InChI=1S/C15H24O.C14H22O.C12H18O/c1-10-8-11(14(2,3)4)13(16)12(9-10)15(5,6)7;1-13(2,3)10-8-7-9-11(12(10)15)14(4,5)6;1-8-6-9(2)11(13)10(7-8)12(3,4)5/h8-9,16H,1-7H3;7-9,15H,1-6H3;6-7,13H,1-5H3. The van der Waals surface area contributed by atoms with Crippen LogP contribution >= 0.6 is 0 Å². The third-order valence-electron chi connectivity index (χ3n) is 7.78. The zero-order chi connectivity index (χ0) is 34.8. The van der Waals surface area contributed by atoms with E-state index in [1.807, 2.05) is 31.2 Å². The molecule has 0 aliphatic carbocycles. The van der Waals surface area contributed by atoms with Gasteiger partial charge in [-0.1, -0.05) is 157 Å². The highest BCUT2D eigenvalue weighted by Crippen LogP contribution is 2.40. The van der Waals surface area contributed by atoms with E-state index in [0.29, 0.717) is 17.2 Å². The van der Waals surface area contributed by atoms with Crippen molar-refractivity contribution in [3.8, 4) is 17.2 Å². The molecule has 3 aromatic carbocycles. The second-order valence-electron chi connectivity index (χ2n) is 17.6. The molecular formula is C41H64O3. The van der Waals surface area contributed by atoms with Gasteiger partial charge in [-0.25, -0.2) is 0 Å². The van der Waals surface area contributed by atoms with Gasteiger partial charge in [0.05, 0.1) is 0 Å². The Bertz CT molecular complexity index is 1340. The summed E-state index contributed by atoms with van der Waals surface area (Å²) in [5.41, 5.74) is 8.51. The molecule has 0 amide bonds. The van der Waals surface area contributed by atoms with Gasteiger partial charge in [0, 0.05) is 0 Å². The summed E-state index contributed by atoms with van der Waals surface area (Å²) in [6, 6.07) is 14.3. The maximum Gasteiger partial charge on any atom is 0.123 e. The van der Waals surface area contributed by atoms with Crippen molar-refractivity contribution in [3.05, 3.63) is 87.0 Å². The van der Waals surface area contributed by atoms with E-state index in [1.54, 1.807) is 0 Å². The van der Waals surface area contributed by atoms with Crippen molar-refractivity contribution in [2.75, 3.05) is 0 Å². The zero-order valence-corrected chi connectivity index (χ0v) is 31.4. The average molecular weight is 605 g/mol. The summed E-state index contributed by atoms with van der Waals surface area (Å²) in [5, 5.41) is 30.5. The molecule has 0 fully saturated rings. The molecule has 0 spiro atoms. The summed E-state index contributed by atoms with van der Waals surface area (Å²) in [4.78, 5) is 0. The largest absolute Gasteiger partial charge is 0.507 e. The second kappa shape index (κ2) is 13.6. The monoisotopic (exact) mass is 604 g/mol. The first-order valence-electron chi connectivity index (χ1n) is 16.0. The topological polar surface area (TPSA) is 60.7 Å². The Kier molecular flexibility index (Phi) is 12.1. The van der Waals surface area contributed by atoms with Crippen molar-refractivity contribution in [2.24, 2.45) is 0 Å². The second-order valence-corrected chi connectivity index (χ2v) is 17.6. The quantitative estimate of drug-likeness (QED) is 0.239. The Balaban J connectivity index is 0.000000332. The van der Waals surface area contributed by atoms with E-state index >= 15 is 0 Å². The molecule has 44 heavy (non-hydrogen) atoms. The molecule has 0 radical (unpaired) electrons. The Morgan fingerprint density at radius 3 is 0.909 bits per heavy atom. The first kappa shape index (κ1) is 39.1. The molecular weight excluding hydrogens is 540 g/mol. The molecule has 0 aromatic heterocycles. The fourth-order valence-corrected chi connectivity index (χ4v) is 5.21. The Morgan fingerprint density at radius 2 is 0.614 bits per heavy atom. The summed E-state index contributed by atoms with van der Waals surface area (Å²) in [7, 11) is 0. The van der Waals surface area contributed by atoms with E-state index in [4.69, 9.17) is 0 Å². The van der Waals surface area contributed by atoms with Crippen molar-refractivity contribution in [2.45, 2.75) is 152 Å². The lowest BCUT2D eigenvalue weighted by Gasteiger charge is -2.27. The number of para-hydroxylation sites is 1. The van der Waals surface area contributed by atoms with Gasteiger partial charge in [0.1, 0.15) is 17.2 Å². The van der Waals surface area contributed by atoms with E-state index in [-0.39, 0.29) is 27.1 Å². The van der Waals surface area contributed by atoms with Gasteiger partial charge in [0.15, 0.2) is 0 Å². The summed E-state index contributed by atoms with van der Waals surface area (Å²) in [6.45, 7) is 37.9. The van der Waals surface area contributed by atoms with Crippen LogP contribution in [-0.4, -0.2) is 15.3 Å². The van der Waals surface area contributed by atoms with Crippen molar-refractivity contribution in [3.63, 3.8) is 0 Å². The lowest BCUT2D eigenvalue weighted by Crippen LogP contribution is -2.17. The normalized spacial score (nSPS) is 12.6. The molecule has 0 aliphatic heterocycles. The van der Waals surface area contributed by atoms with Gasteiger partial charge >= 0.3 is 0 Å². The molecule has 0 heterocycles. The molecule has 0 aliphatic rings. The molecule has 3 rings (SSSR count). The van der Waals surface area contributed by atoms with Crippen LogP contribution in [0.4, 0.5) is 0 Å².